The molecule has 0 fully saturated rings. The lowest BCUT2D eigenvalue weighted by atomic mass is 9.76. The molecule has 0 saturated carbocycles. The second-order valence-corrected chi connectivity index (χ2v) is 4.86. The Labute approximate surface area is 81.3 Å². The first-order chi connectivity index (χ1) is 5.70. The van der Waals surface area contributed by atoms with E-state index in [0.717, 1.165) is 0 Å². The van der Waals surface area contributed by atoms with E-state index in [0.29, 0.717) is 6.54 Å². The van der Waals surface area contributed by atoms with Crippen LogP contribution in [0.5, 0.6) is 0 Å². The van der Waals surface area contributed by atoms with Gasteiger partial charge in [0.1, 0.15) is 0 Å². The minimum absolute atomic E-state index is 0.0537. The van der Waals surface area contributed by atoms with Gasteiger partial charge in [-0.15, -0.1) is 0 Å². The molecule has 0 aromatic rings. The fraction of sp³-hybridized carbons (Fsp3) is 0.900. The Hall–Kier alpha value is -0.730. The van der Waals surface area contributed by atoms with Crippen LogP contribution in [0.2, 0.25) is 0 Å². The van der Waals surface area contributed by atoms with Gasteiger partial charge in [-0.2, -0.15) is 0 Å². The molecule has 3 nitrogen and oxygen atoms in total. The molecule has 0 heterocycles. The molecule has 0 radical (unpaired) electrons. The minimum Gasteiger partial charge on any atom is -0.338 e. The van der Waals surface area contributed by atoms with Gasteiger partial charge in [-0.3, -0.25) is 0 Å². The van der Waals surface area contributed by atoms with Gasteiger partial charge in [0.05, 0.1) is 0 Å². The molecule has 0 aliphatic rings. The van der Waals surface area contributed by atoms with Gasteiger partial charge < -0.3 is 10.6 Å². The Bertz CT molecular complexity index is 180. The van der Waals surface area contributed by atoms with Crippen LogP contribution in [0.3, 0.4) is 0 Å². The highest BCUT2D eigenvalue weighted by atomic mass is 16.2. The number of amides is 2. The van der Waals surface area contributed by atoms with Crippen molar-refractivity contribution in [2.45, 2.75) is 47.1 Å². The van der Waals surface area contributed by atoms with Gasteiger partial charge in [-0.05, 0) is 26.2 Å². The Morgan fingerprint density at radius 3 is 1.92 bits per heavy atom. The Balaban J connectivity index is 4.26. The molecule has 0 spiro atoms. The molecule has 0 rings (SSSR count). The molecule has 0 saturated heterocycles. The molecule has 0 bridgehead atoms. The normalized spacial score (nSPS) is 12.5. The average Bonchev–Trinajstić information content (AvgIpc) is 1.83. The predicted molar refractivity (Wildman–Crippen MR) is 55.7 cm³/mol. The van der Waals surface area contributed by atoms with Gasteiger partial charge in [-0.25, -0.2) is 4.79 Å². The van der Waals surface area contributed by atoms with E-state index < -0.39 is 0 Å². The number of hydrogen-bond acceptors (Lipinski definition) is 1. The van der Waals surface area contributed by atoms with Gasteiger partial charge in [0, 0.05) is 12.1 Å². The maximum Gasteiger partial charge on any atom is 0.315 e. The van der Waals surface area contributed by atoms with E-state index in [1.54, 1.807) is 0 Å². The summed E-state index contributed by atoms with van der Waals surface area (Å²) in [6.45, 7) is 13.0. The van der Waals surface area contributed by atoms with Crippen molar-refractivity contribution in [1.29, 1.82) is 0 Å². The molecule has 0 aromatic heterocycles. The van der Waals surface area contributed by atoms with Crippen LogP contribution in [-0.2, 0) is 0 Å². The van der Waals surface area contributed by atoms with Crippen molar-refractivity contribution in [2.75, 3.05) is 6.54 Å². The van der Waals surface area contributed by atoms with E-state index in [4.69, 9.17) is 0 Å². The number of carbonyl (C=O) groups excluding carboxylic acids is 1. The third kappa shape index (κ3) is 3.66. The Kier molecular flexibility index (Phi) is 3.76. The van der Waals surface area contributed by atoms with E-state index in [1.807, 2.05) is 20.8 Å². The lowest BCUT2D eigenvalue weighted by Gasteiger charge is -2.39. The lowest BCUT2D eigenvalue weighted by molar-refractivity contribution is 0.172. The summed E-state index contributed by atoms with van der Waals surface area (Å²) in [6.07, 6.45) is 0. The lowest BCUT2D eigenvalue weighted by Crippen LogP contribution is -2.55. The molecular formula is C10H22N2O. The van der Waals surface area contributed by atoms with Crippen molar-refractivity contribution in [1.82, 2.24) is 10.6 Å². The molecule has 2 N–H and O–H groups in total. The highest BCUT2D eigenvalue weighted by Gasteiger charge is 2.33. The Morgan fingerprint density at radius 2 is 1.62 bits per heavy atom. The first-order valence-electron chi connectivity index (χ1n) is 4.76. The van der Waals surface area contributed by atoms with Crippen LogP contribution in [0.15, 0.2) is 0 Å². The van der Waals surface area contributed by atoms with Crippen molar-refractivity contribution in [2.24, 2.45) is 5.41 Å². The van der Waals surface area contributed by atoms with E-state index >= 15 is 0 Å². The number of carbonyl (C=O) groups is 1. The highest BCUT2D eigenvalue weighted by Crippen LogP contribution is 2.28. The van der Waals surface area contributed by atoms with E-state index in [-0.39, 0.29) is 17.0 Å². The van der Waals surface area contributed by atoms with Crippen LogP contribution in [0.1, 0.15) is 41.5 Å². The van der Waals surface area contributed by atoms with Crippen molar-refractivity contribution in [3.05, 3.63) is 0 Å². The molecular weight excluding hydrogens is 164 g/mol. The second kappa shape index (κ2) is 3.99. The van der Waals surface area contributed by atoms with Crippen LogP contribution < -0.4 is 10.6 Å². The first-order valence-corrected chi connectivity index (χ1v) is 4.76. The highest BCUT2D eigenvalue weighted by molar-refractivity contribution is 5.74. The third-order valence-electron chi connectivity index (χ3n) is 2.64. The molecule has 78 valence electrons. The van der Waals surface area contributed by atoms with E-state index in [1.165, 1.54) is 0 Å². The molecule has 3 heteroatoms. The first kappa shape index (κ1) is 12.3. The zero-order valence-electron chi connectivity index (χ0n) is 9.62. The van der Waals surface area contributed by atoms with Crippen LogP contribution in [0, 0.1) is 5.41 Å². The molecule has 0 aliphatic carbocycles. The zero-order valence-corrected chi connectivity index (χ0v) is 9.62. The van der Waals surface area contributed by atoms with Gasteiger partial charge >= 0.3 is 6.03 Å². The SMILES string of the molecule is CCNC(=O)NC(C)(C)C(C)(C)C. The summed E-state index contributed by atoms with van der Waals surface area (Å²) in [5.41, 5.74) is -0.148. The predicted octanol–water partition coefficient (Wildman–Crippen LogP) is 2.13. The third-order valence-corrected chi connectivity index (χ3v) is 2.64. The van der Waals surface area contributed by atoms with Crippen LogP contribution >= 0.6 is 0 Å². The summed E-state index contributed by atoms with van der Waals surface area (Å²) in [5.74, 6) is 0. The summed E-state index contributed by atoms with van der Waals surface area (Å²) >= 11 is 0. The summed E-state index contributed by atoms with van der Waals surface area (Å²) in [7, 11) is 0. The standard InChI is InChI=1S/C10H22N2O/c1-7-11-8(13)12-10(5,6)9(2,3)4/h7H2,1-6H3,(H2,11,12,13). The molecule has 0 aliphatic heterocycles. The van der Waals surface area contributed by atoms with Gasteiger partial charge in [-0.1, -0.05) is 20.8 Å². The van der Waals surface area contributed by atoms with Gasteiger partial charge in [0.25, 0.3) is 0 Å². The quantitative estimate of drug-likeness (QED) is 0.681. The maximum atomic E-state index is 11.3. The van der Waals surface area contributed by atoms with Crippen molar-refractivity contribution < 1.29 is 4.79 Å². The number of urea groups is 1. The molecule has 0 aromatic carbocycles. The molecule has 0 unspecified atom stereocenters. The van der Waals surface area contributed by atoms with E-state index in [9.17, 15) is 4.79 Å². The van der Waals surface area contributed by atoms with Gasteiger partial charge in [0.2, 0.25) is 0 Å². The minimum atomic E-state index is -0.202. The fourth-order valence-corrected chi connectivity index (χ4v) is 0.676. The van der Waals surface area contributed by atoms with Crippen LogP contribution in [-0.4, -0.2) is 18.1 Å². The number of hydrogen-bond donors (Lipinski definition) is 2. The summed E-state index contributed by atoms with van der Waals surface area (Å²) in [5, 5.41) is 5.67. The van der Waals surface area contributed by atoms with Gasteiger partial charge in [0.15, 0.2) is 0 Å². The van der Waals surface area contributed by atoms with Crippen molar-refractivity contribution >= 4 is 6.03 Å². The average molecular weight is 186 g/mol. The fourth-order valence-electron chi connectivity index (χ4n) is 0.676. The zero-order chi connectivity index (χ0) is 10.7. The van der Waals surface area contributed by atoms with Crippen molar-refractivity contribution in [3.8, 4) is 0 Å². The second-order valence-electron chi connectivity index (χ2n) is 4.86. The van der Waals surface area contributed by atoms with Crippen LogP contribution in [0.4, 0.5) is 4.79 Å². The maximum absolute atomic E-state index is 11.3. The topological polar surface area (TPSA) is 41.1 Å². The Morgan fingerprint density at radius 1 is 1.15 bits per heavy atom. The van der Waals surface area contributed by atoms with Crippen LogP contribution in [0.25, 0.3) is 0 Å². The summed E-state index contributed by atoms with van der Waals surface area (Å²) < 4.78 is 0. The molecule has 13 heavy (non-hydrogen) atoms. The smallest absolute Gasteiger partial charge is 0.315 e. The summed E-state index contributed by atoms with van der Waals surface area (Å²) in [6, 6.07) is -0.0950. The van der Waals surface area contributed by atoms with Crippen molar-refractivity contribution in [3.63, 3.8) is 0 Å². The molecule has 2 amide bonds. The van der Waals surface area contributed by atoms with E-state index in [2.05, 4.69) is 31.4 Å². The number of rotatable bonds is 2. The summed E-state index contributed by atoms with van der Waals surface area (Å²) in [4.78, 5) is 11.3. The number of nitrogens with one attached hydrogen (secondary N) is 2. The monoisotopic (exact) mass is 186 g/mol. The molecule has 0 atom stereocenters. The largest absolute Gasteiger partial charge is 0.338 e.